The molecule has 0 fully saturated rings. The van der Waals surface area contributed by atoms with E-state index in [4.69, 9.17) is 5.73 Å². The van der Waals surface area contributed by atoms with Gasteiger partial charge >= 0.3 is 41.5 Å². The standard InChI is InChI=1S/C18H35NO3.Na.H/c1-2-3-4-5-6-7-8-9-10-11-12-13-14-15-17(20)22-18(21)16-19;;/h2-16,19H2,1H3;;/q;+1;-1. The molecule has 0 saturated heterocycles. The summed E-state index contributed by atoms with van der Waals surface area (Å²) in [6.07, 6.45) is 16.8. The SMILES string of the molecule is CCCCCCCCCCCCCCCC(=O)OC(=O)CN.[H-].[Na+]. The normalized spacial score (nSPS) is 10.2. The van der Waals surface area contributed by atoms with Crippen LogP contribution >= 0.6 is 0 Å². The second-order valence-electron chi connectivity index (χ2n) is 6.04. The van der Waals surface area contributed by atoms with Crippen LogP contribution in [0.1, 0.15) is 98.2 Å². The van der Waals surface area contributed by atoms with Crippen molar-refractivity contribution < 1.29 is 45.3 Å². The van der Waals surface area contributed by atoms with Crippen molar-refractivity contribution in [1.82, 2.24) is 0 Å². The summed E-state index contributed by atoms with van der Waals surface area (Å²) in [4.78, 5) is 22.0. The molecule has 23 heavy (non-hydrogen) atoms. The topological polar surface area (TPSA) is 69.4 Å². The molecule has 0 saturated carbocycles. The minimum absolute atomic E-state index is 0. The Morgan fingerprint density at radius 2 is 1.13 bits per heavy atom. The fraction of sp³-hybridized carbons (Fsp3) is 0.889. The molecular weight excluding hydrogens is 301 g/mol. The minimum atomic E-state index is -0.639. The van der Waals surface area contributed by atoms with E-state index in [0.717, 1.165) is 19.3 Å². The van der Waals surface area contributed by atoms with E-state index < -0.39 is 11.9 Å². The van der Waals surface area contributed by atoms with Crippen LogP contribution in [0.4, 0.5) is 0 Å². The summed E-state index contributed by atoms with van der Waals surface area (Å²) in [6, 6.07) is 0. The molecule has 0 aromatic heterocycles. The van der Waals surface area contributed by atoms with E-state index in [1.54, 1.807) is 0 Å². The Balaban J connectivity index is -0.00000220. The van der Waals surface area contributed by atoms with Gasteiger partial charge in [0.25, 0.3) is 0 Å². The molecule has 0 radical (unpaired) electrons. The first-order valence-corrected chi connectivity index (χ1v) is 9.14. The number of ether oxygens (including phenoxy) is 1. The van der Waals surface area contributed by atoms with Crippen molar-refractivity contribution in [3.8, 4) is 0 Å². The number of hydrogen-bond donors (Lipinski definition) is 1. The van der Waals surface area contributed by atoms with Crippen LogP contribution in [0.5, 0.6) is 0 Å². The molecule has 0 heterocycles. The third-order valence-electron chi connectivity index (χ3n) is 3.88. The van der Waals surface area contributed by atoms with Crippen LogP contribution < -0.4 is 35.3 Å². The number of nitrogens with two attached hydrogens (primary N) is 1. The zero-order valence-corrected chi connectivity index (χ0v) is 17.4. The Bertz CT molecular complexity index is 291. The van der Waals surface area contributed by atoms with E-state index in [0.29, 0.717) is 6.42 Å². The third-order valence-corrected chi connectivity index (χ3v) is 3.88. The van der Waals surface area contributed by atoms with Crippen molar-refractivity contribution in [2.75, 3.05) is 6.54 Å². The second kappa shape index (κ2) is 20.1. The molecule has 0 aliphatic carbocycles. The van der Waals surface area contributed by atoms with Crippen LogP contribution in [0.25, 0.3) is 0 Å². The van der Waals surface area contributed by atoms with Gasteiger partial charge in [0.15, 0.2) is 0 Å². The Labute approximate surface area is 166 Å². The van der Waals surface area contributed by atoms with Crippen molar-refractivity contribution >= 4 is 11.9 Å². The van der Waals surface area contributed by atoms with E-state index >= 15 is 0 Å². The maximum absolute atomic E-state index is 11.2. The van der Waals surface area contributed by atoms with Gasteiger partial charge in [-0.3, -0.25) is 9.59 Å². The summed E-state index contributed by atoms with van der Waals surface area (Å²) >= 11 is 0. The monoisotopic (exact) mass is 337 g/mol. The summed E-state index contributed by atoms with van der Waals surface area (Å²) in [5, 5.41) is 0. The molecule has 5 heteroatoms. The largest absolute Gasteiger partial charge is 1.00 e. The molecule has 0 amide bonds. The molecule has 0 aliphatic heterocycles. The van der Waals surface area contributed by atoms with Crippen molar-refractivity contribution in [3.63, 3.8) is 0 Å². The van der Waals surface area contributed by atoms with Crippen molar-refractivity contribution in [3.05, 3.63) is 0 Å². The van der Waals surface area contributed by atoms with E-state index in [1.165, 1.54) is 64.2 Å². The van der Waals surface area contributed by atoms with Gasteiger partial charge < -0.3 is 11.9 Å². The minimum Gasteiger partial charge on any atom is -1.00 e. The van der Waals surface area contributed by atoms with Gasteiger partial charge in [-0.05, 0) is 6.42 Å². The van der Waals surface area contributed by atoms with Gasteiger partial charge in [-0.15, -0.1) is 0 Å². The van der Waals surface area contributed by atoms with E-state index in [1.807, 2.05) is 0 Å². The molecule has 0 rings (SSSR count). The molecule has 0 aromatic rings. The third kappa shape index (κ3) is 20.1. The predicted molar refractivity (Wildman–Crippen MR) is 91.6 cm³/mol. The molecule has 0 bridgehead atoms. The molecule has 4 nitrogen and oxygen atoms in total. The number of hydrogen-bond acceptors (Lipinski definition) is 4. The molecule has 0 atom stereocenters. The van der Waals surface area contributed by atoms with E-state index in [-0.39, 0.29) is 37.5 Å². The van der Waals surface area contributed by atoms with Crippen LogP contribution in [0.15, 0.2) is 0 Å². The Kier molecular flexibility index (Phi) is 22.2. The fourth-order valence-corrected chi connectivity index (χ4v) is 2.51. The molecule has 0 aliphatic rings. The quantitative estimate of drug-likeness (QED) is 0.213. The molecule has 2 N–H and O–H groups in total. The summed E-state index contributed by atoms with van der Waals surface area (Å²) in [7, 11) is 0. The maximum atomic E-state index is 11.2. The first kappa shape index (κ1) is 25.3. The Hall–Kier alpha value is 0.1000. The van der Waals surface area contributed by atoms with E-state index in [9.17, 15) is 9.59 Å². The summed E-state index contributed by atoms with van der Waals surface area (Å²) in [6.45, 7) is 2.02. The van der Waals surface area contributed by atoms with Crippen molar-refractivity contribution in [2.45, 2.75) is 96.8 Å². The maximum Gasteiger partial charge on any atom is 1.00 e. The smallest absolute Gasteiger partial charge is 1.00 e. The Morgan fingerprint density at radius 1 is 0.739 bits per heavy atom. The van der Waals surface area contributed by atoms with Crippen LogP contribution in [0.2, 0.25) is 0 Å². The van der Waals surface area contributed by atoms with Gasteiger partial charge in [0.1, 0.15) is 0 Å². The van der Waals surface area contributed by atoms with Gasteiger partial charge in [-0.1, -0.05) is 84.0 Å². The summed E-state index contributed by atoms with van der Waals surface area (Å²) in [5.74, 6) is -1.08. The van der Waals surface area contributed by atoms with E-state index in [2.05, 4.69) is 11.7 Å². The van der Waals surface area contributed by atoms with Crippen molar-refractivity contribution in [2.24, 2.45) is 5.73 Å². The summed E-state index contributed by atoms with van der Waals surface area (Å²) in [5.41, 5.74) is 5.07. The zero-order chi connectivity index (χ0) is 16.5. The number of esters is 2. The van der Waals surface area contributed by atoms with Gasteiger partial charge in [0.05, 0.1) is 6.54 Å². The van der Waals surface area contributed by atoms with Gasteiger partial charge in [-0.25, -0.2) is 0 Å². The van der Waals surface area contributed by atoms with Gasteiger partial charge in [-0.2, -0.15) is 0 Å². The van der Waals surface area contributed by atoms with Gasteiger partial charge in [0.2, 0.25) is 0 Å². The first-order chi connectivity index (χ1) is 10.7. The predicted octanol–water partition coefficient (Wildman–Crippen LogP) is 1.61. The molecular formula is C18H36NNaO3. The molecule has 0 spiro atoms. The fourth-order valence-electron chi connectivity index (χ4n) is 2.51. The number of carbonyl (C=O) groups is 2. The average Bonchev–Trinajstić information content (AvgIpc) is 2.51. The number of rotatable bonds is 15. The first-order valence-electron chi connectivity index (χ1n) is 9.14. The molecule has 132 valence electrons. The molecule has 0 unspecified atom stereocenters. The van der Waals surface area contributed by atoms with Crippen molar-refractivity contribution in [1.29, 1.82) is 0 Å². The van der Waals surface area contributed by atoms with Gasteiger partial charge in [0, 0.05) is 6.42 Å². The summed E-state index contributed by atoms with van der Waals surface area (Å²) < 4.78 is 4.50. The zero-order valence-electron chi connectivity index (χ0n) is 16.4. The number of unbranched alkanes of at least 4 members (excludes halogenated alkanes) is 12. The van der Waals surface area contributed by atoms with Crippen LogP contribution in [0, 0.1) is 0 Å². The molecule has 0 aromatic carbocycles. The number of carbonyl (C=O) groups excluding carboxylic acids is 2. The Morgan fingerprint density at radius 3 is 1.52 bits per heavy atom. The van der Waals surface area contributed by atoms with Crippen LogP contribution in [-0.2, 0) is 14.3 Å². The second-order valence-corrected chi connectivity index (χ2v) is 6.04. The average molecular weight is 337 g/mol. The van der Waals surface area contributed by atoms with Crippen LogP contribution in [0.3, 0.4) is 0 Å². The van der Waals surface area contributed by atoms with Crippen LogP contribution in [-0.4, -0.2) is 18.5 Å².